The number of anilines is 2. The summed E-state index contributed by atoms with van der Waals surface area (Å²) in [4.78, 5) is 12.1. The first kappa shape index (κ1) is 19.8. The maximum atomic E-state index is 12.1. The Morgan fingerprint density at radius 3 is 2.43 bits per heavy atom. The largest absolute Gasteiger partial charge is 0.482 e. The minimum absolute atomic E-state index is 0.103. The van der Waals surface area contributed by atoms with Gasteiger partial charge >= 0.3 is 0 Å². The molecule has 0 saturated heterocycles. The van der Waals surface area contributed by atoms with Crippen LogP contribution in [0.15, 0.2) is 66.7 Å². The minimum atomic E-state index is -0.228. The van der Waals surface area contributed by atoms with Gasteiger partial charge in [-0.15, -0.1) is 0 Å². The lowest BCUT2D eigenvalue weighted by atomic mass is 10.1. The number of ether oxygens (including phenoxy) is 1. The average Bonchev–Trinajstić information content (AvgIpc) is 2.69. The number of halogens is 1. The van der Waals surface area contributed by atoms with Crippen molar-refractivity contribution in [1.82, 2.24) is 0 Å². The van der Waals surface area contributed by atoms with Crippen LogP contribution in [0.3, 0.4) is 0 Å². The van der Waals surface area contributed by atoms with Gasteiger partial charge in [-0.1, -0.05) is 41.9 Å². The van der Waals surface area contributed by atoms with Crippen LogP contribution < -0.4 is 15.4 Å². The van der Waals surface area contributed by atoms with E-state index in [9.17, 15) is 4.79 Å². The van der Waals surface area contributed by atoms with E-state index in [1.165, 1.54) is 5.56 Å². The number of aryl methyl sites for hydroxylation is 2. The molecule has 1 amide bonds. The molecule has 0 atom stereocenters. The Morgan fingerprint density at radius 2 is 1.71 bits per heavy atom. The molecule has 2 N–H and O–H groups in total. The molecular weight excluding hydrogens is 372 g/mol. The number of rotatable bonds is 7. The normalized spacial score (nSPS) is 10.4. The minimum Gasteiger partial charge on any atom is -0.482 e. The summed E-state index contributed by atoms with van der Waals surface area (Å²) < 4.78 is 5.58. The molecule has 28 heavy (non-hydrogen) atoms. The van der Waals surface area contributed by atoms with Crippen molar-refractivity contribution in [3.63, 3.8) is 0 Å². The van der Waals surface area contributed by atoms with Crippen LogP contribution in [0.25, 0.3) is 0 Å². The van der Waals surface area contributed by atoms with Crippen molar-refractivity contribution in [2.45, 2.75) is 20.4 Å². The van der Waals surface area contributed by atoms with Gasteiger partial charge in [-0.2, -0.15) is 0 Å². The number of carbonyl (C=O) groups excluding carboxylic acids is 1. The van der Waals surface area contributed by atoms with Gasteiger partial charge in [0.2, 0.25) is 0 Å². The van der Waals surface area contributed by atoms with Crippen molar-refractivity contribution in [2.24, 2.45) is 0 Å². The number of carbonyl (C=O) groups is 1. The van der Waals surface area contributed by atoms with Gasteiger partial charge in [0.1, 0.15) is 5.75 Å². The zero-order valence-corrected chi connectivity index (χ0v) is 16.7. The Morgan fingerprint density at radius 1 is 0.929 bits per heavy atom. The van der Waals surface area contributed by atoms with Crippen molar-refractivity contribution in [1.29, 1.82) is 0 Å². The van der Waals surface area contributed by atoms with E-state index in [1.807, 2.05) is 74.5 Å². The smallest absolute Gasteiger partial charge is 0.262 e. The third kappa shape index (κ3) is 5.51. The van der Waals surface area contributed by atoms with Gasteiger partial charge in [-0.3, -0.25) is 4.79 Å². The third-order valence-corrected chi connectivity index (χ3v) is 4.71. The molecule has 0 aromatic heterocycles. The van der Waals surface area contributed by atoms with Crippen molar-refractivity contribution < 1.29 is 9.53 Å². The molecule has 3 aromatic carbocycles. The van der Waals surface area contributed by atoms with Crippen LogP contribution in [-0.2, 0) is 11.3 Å². The molecule has 4 nitrogen and oxygen atoms in total. The van der Waals surface area contributed by atoms with Crippen molar-refractivity contribution >= 4 is 28.9 Å². The van der Waals surface area contributed by atoms with Gasteiger partial charge in [-0.25, -0.2) is 0 Å². The molecule has 0 unspecified atom stereocenters. The molecule has 0 spiro atoms. The van der Waals surface area contributed by atoms with Crippen LogP contribution in [0.2, 0.25) is 5.02 Å². The predicted octanol–water partition coefficient (Wildman–Crippen LogP) is 5.59. The number of hydrogen-bond acceptors (Lipinski definition) is 3. The standard InChI is InChI=1S/C23H23ClN2O2/c1-16-8-10-20(12-17(16)2)26-23(27)15-28-22-11-9-18(13-21(22)24)14-25-19-6-4-3-5-7-19/h3-13,25H,14-15H2,1-2H3,(H,26,27). The van der Waals surface area contributed by atoms with Crippen LogP contribution in [-0.4, -0.2) is 12.5 Å². The highest BCUT2D eigenvalue weighted by Crippen LogP contribution is 2.26. The lowest BCUT2D eigenvalue weighted by Gasteiger charge is -2.11. The quantitative estimate of drug-likeness (QED) is 0.549. The second kappa shape index (κ2) is 9.29. The summed E-state index contributed by atoms with van der Waals surface area (Å²) in [5, 5.41) is 6.64. The first-order chi connectivity index (χ1) is 13.5. The SMILES string of the molecule is Cc1ccc(NC(=O)COc2ccc(CNc3ccccc3)cc2Cl)cc1C. The lowest BCUT2D eigenvalue weighted by molar-refractivity contribution is -0.118. The number of amides is 1. The summed E-state index contributed by atoms with van der Waals surface area (Å²) in [5.74, 6) is 0.259. The third-order valence-electron chi connectivity index (χ3n) is 4.42. The van der Waals surface area contributed by atoms with Crippen LogP contribution in [0.4, 0.5) is 11.4 Å². The molecule has 0 heterocycles. The van der Waals surface area contributed by atoms with Crippen molar-refractivity contribution in [3.8, 4) is 5.75 Å². The summed E-state index contributed by atoms with van der Waals surface area (Å²) in [7, 11) is 0. The second-order valence-electron chi connectivity index (χ2n) is 6.62. The van der Waals surface area contributed by atoms with E-state index in [1.54, 1.807) is 6.07 Å². The van der Waals surface area contributed by atoms with Gasteiger partial charge in [0, 0.05) is 17.9 Å². The molecule has 3 rings (SSSR count). The van der Waals surface area contributed by atoms with Gasteiger partial charge in [0.15, 0.2) is 6.61 Å². The molecular formula is C23H23ClN2O2. The van der Waals surface area contributed by atoms with Gasteiger partial charge < -0.3 is 15.4 Å². The average molecular weight is 395 g/mol. The molecule has 0 aliphatic carbocycles. The number of hydrogen-bond donors (Lipinski definition) is 2. The zero-order chi connectivity index (χ0) is 19.9. The van der Waals surface area contributed by atoms with E-state index in [4.69, 9.17) is 16.3 Å². The number of benzene rings is 3. The van der Waals surface area contributed by atoms with E-state index < -0.39 is 0 Å². The van der Waals surface area contributed by atoms with Crippen LogP contribution in [0, 0.1) is 13.8 Å². The van der Waals surface area contributed by atoms with Gasteiger partial charge in [0.25, 0.3) is 5.91 Å². The Labute approximate surface area is 170 Å². The molecule has 0 fully saturated rings. The molecule has 0 bridgehead atoms. The summed E-state index contributed by atoms with van der Waals surface area (Å²) in [5.41, 5.74) is 5.14. The highest BCUT2D eigenvalue weighted by molar-refractivity contribution is 6.32. The number of nitrogens with one attached hydrogen (secondary N) is 2. The zero-order valence-electron chi connectivity index (χ0n) is 16.0. The van der Waals surface area contributed by atoms with Gasteiger partial charge in [0.05, 0.1) is 5.02 Å². The van der Waals surface area contributed by atoms with E-state index in [-0.39, 0.29) is 12.5 Å². The summed E-state index contributed by atoms with van der Waals surface area (Å²) in [6, 6.07) is 21.3. The van der Waals surface area contributed by atoms with Crippen molar-refractivity contribution in [3.05, 3.63) is 88.4 Å². The fourth-order valence-corrected chi connectivity index (χ4v) is 2.95. The fraction of sp³-hybridized carbons (Fsp3) is 0.174. The maximum Gasteiger partial charge on any atom is 0.262 e. The molecule has 0 aliphatic heterocycles. The maximum absolute atomic E-state index is 12.1. The lowest BCUT2D eigenvalue weighted by Crippen LogP contribution is -2.20. The topological polar surface area (TPSA) is 50.4 Å². The Bertz CT molecular complexity index is 958. The molecule has 0 aliphatic rings. The number of para-hydroxylation sites is 1. The summed E-state index contributed by atoms with van der Waals surface area (Å²) >= 11 is 6.31. The van der Waals surface area contributed by atoms with Crippen molar-refractivity contribution in [2.75, 3.05) is 17.2 Å². The monoisotopic (exact) mass is 394 g/mol. The summed E-state index contributed by atoms with van der Waals surface area (Å²) in [6.45, 7) is 4.59. The first-order valence-electron chi connectivity index (χ1n) is 9.08. The predicted molar refractivity (Wildman–Crippen MR) is 115 cm³/mol. The molecule has 144 valence electrons. The van der Waals surface area contributed by atoms with Gasteiger partial charge in [-0.05, 0) is 66.9 Å². The fourth-order valence-electron chi connectivity index (χ4n) is 2.69. The Balaban J connectivity index is 1.52. The van der Waals surface area contributed by atoms with E-state index in [0.717, 1.165) is 22.5 Å². The van der Waals surface area contributed by atoms with Crippen LogP contribution in [0.5, 0.6) is 5.75 Å². The van der Waals surface area contributed by atoms with Crippen LogP contribution in [0.1, 0.15) is 16.7 Å². The Kier molecular flexibility index (Phi) is 6.56. The highest BCUT2D eigenvalue weighted by Gasteiger charge is 2.08. The highest BCUT2D eigenvalue weighted by atomic mass is 35.5. The van der Waals surface area contributed by atoms with E-state index >= 15 is 0 Å². The Hall–Kier alpha value is -2.98. The second-order valence-corrected chi connectivity index (χ2v) is 7.03. The van der Waals surface area contributed by atoms with Crippen LogP contribution >= 0.6 is 11.6 Å². The molecule has 0 saturated carbocycles. The molecule has 5 heteroatoms. The first-order valence-corrected chi connectivity index (χ1v) is 9.46. The van der Waals surface area contributed by atoms with E-state index in [0.29, 0.717) is 17.3 Å². The molecule has 0 radical (unpaired) electrons. The van der Waals surface area contributed by atoms with E-state index in [2.05, 4.69) is 10.6 Å². The summed E-state index contributed by atoms with van der Waals surface area (Å²) in [6.07, 6.45) is 0. The molecule has 3 aromatic rings.